The molecule has 2 atom stereocenters. The van der Waals surface area contributed by atoms with Crippen LogP contribution in [-0.4, -0.2) is 11.2 Å². The zero-order valence-corrected chi connectivity index (χ0v) is 15.8. The van der Waals surface area contributed by atoms with Gasteiger partial charge in [0.1, 0.15) is 0 Å². The van der Waals surface area contributed by atoms with E-state index in [4.69, 9.17) is 0 Å². The molecule has 0 aliphatic rings. The number of aryl methyl sites for hydroxylation is 1. The Kier molecular flexibility index (Phi) is 6.92. The zero-order chi connectivity index (χ0) is 17.5. The zero-order valence-electron chi connectivity index (χ0n) is 15.0. The lowest BCUT2D eigenvalue weighted by Crippen LogP contribution is -2.35. The summed E-state index contributed by atoms with van der Waals surface area (Å²) < 4.78 is 0. The molecule has 0 saturated heterocycles. The molecule has 1 N–H and O–H groups in total. The first-order valence-corrected chi connectivity index (χ1v) is 9.42. The van der Waals surface area contributed by atoms with Gasteiger partial charge in [-0.25, -0.2) is 0 Å². The topological polar surface area (TPSA) is 29.1 Å². The molecule has 2 nitrogen and oxygen atoms in total. The average Bonchev–Trinajstić information content (AvgIpc) is 2.56. The fraction of sp³-hybridized carbons (Fsp3) is 0.381. The van der Waals surface area contributed by atoms with Gasteiger partial charge in [-0.15, -0.1) is 11.8 Å². The standard InChI is InChI=1S/C21H27NOS/c1-15(2)14-20(18-8-6-5-7-9-18)22-21(23)17(4)24-19-12-10-16(3)11-13-19/h5-13,15,17,20H,14H2,1-4H3,(H,22,23)/t17-,20-/m1/s1. The van der Waals surface area contributed by atoms with Gasteiger partial charge in [-0.05, 0) is 43.9 Å². The minimum absolute atomic E-state index is 0.0692. The van der Waals surface area contributed by atoms with E-state index >= 15 is 0 Å². The molecule has 0 aliphatic carbocycles. The number of carbonyl (C=O) groups is 1. The van der Waals surface area contributed by atoms with Gasteiger partial charge in [0.2, 0.25) is 5.91 Å². The maximum absolute atomic E-state index is 12.6. The predicted molar refractivity (Wildman–Crippen MR) is 103 cm³/mol. The SMILES string of the molecule is Cc1ccc(S[C@H](C)C(=O)N[C@H](CC(C)C)c2ccccc2)cc1. The van der Waals surface area contributed by atoms with Crippen molar-refractivity contribution in [2.24, 2.45) is 5.92 Å². The van der Waals surface area contributed by atoms with Gasteiger partial charge in [0.15, 0.2) is 0 Å². The summed E-state index contributed by atoms with van der Waals surface area (Å²) in [6.07, 6.45) is 0.942. The van der Waals surface area contributed by atoms with Crippen LogP contribution in [0.4, 0.5) is 0 Å². The Labute approximate surface area is 150 Å². The minimum Gasteiger partial charge on any atom is -0.348 e. The third kappa shape index (κ3) is 5.72. The second-order valence-electron chi connectivity index (χ2n) is 6.67. The van der Waals surface area contributed by atoms with Crippen LogP contribution in [0.3, 0.4) is 0 Å². The number of nitrogens with one attached hydrogen (secondary N) is 1. The van der Waals surface area contributed by atoms with Crippen LogP contribution < -0.4 is 5.32 Å². The third-order valence-corrected chi connectivity index (χ3v) is 5.04. The van der Waals surface area contributed by atoms with E-state index in [1.54, 1.807) is 11.8 Å². The number of amides is 1. The van der Waals surface area contributed by atoms with Crippen molar-refractivity contribution in [1.82, 2.24) is 5.32 Å². The quantitative estimate of drug-likeness (QED) is 0.685. The second kappa shape index (κ2) is 8.93. The van der Waals surface area contributed by atoms with Crippen molar-refractivity contribution in [3.63, 3.8) is 0 Å². The molecule has 0 radical (unpaired) electrons. The number of hydrogen-bond donors (Lipinski definition) is 1. The lowest BCUT2D eigenvalue weighted by atomic mass is 9.97. The van der Waals surface area contributed by atoms with Crippen LogP contribution in [-0.2, 0) is 4.79 Å². The van der Waals surface area contributed by atoms with Crippen molar-refractivity contribution in [1.29, 1.82) is 0 Å². The van der Waals surface area contributed by atoms with Gasteiger partial charge >= 0.3 is 0 Å². The summed E-state index contributed by atoms with van der Waals surface area (Å²) in [5.41, 5.74) is 2.41. The van der Waals surface area contributed by atoms with Crippen molar-refractivity contribution in [3.8, 4) is 0 Å². The highest BCUT2D eigenvalue weighted by Gasteiger charge is 2.20. The molecule has 0 heterocycles. The number of benzene rings is 2. The first-order valence-electron chi connectivity index (χ1n) is 8.54. The number of hydrogen-bond acceptors (Lipinski definition) is 2. The van der Waals surface area contributed by atoms with E-state index in [-0.39, 0.29) is 17.2 Å². The van der Waals surface area contributed by atoms with E-state index in [1.807, 2.05) is 25.1 Å². The Bertz CT molecular complexity index is 637. The molecule has 24 heavy (non-hydrogen) atoms. The molecule has 2 rings (SSSR count). The van der Waals surface area contributed by atoms with E-state index in [9.17, 15) is 4.79 Å². The van der Waals surface area contributed by atoms with Crippen molar-refractivity contribution in [3.05, 3.63) is 65.7 Å². The summed E-state index contributed by atoms with van der Waals surface area (Å²) in [5.74, 6) is 0.616. The molecule has 128 valence electrons. The molecule has 0 saturated carbocycles. The maximum Gasteiger partial charge on any atom is 0.233 e. The summed E-state index contributed by atoms with van der Waals surface area (Å²) >= 11 is 1.60. The Morgan fingerprint density at radius 1 is 1.00 bits per heavy atom. The molecule has 2 aromatic rings. The van der Waals surface area contributed by atoms with Gasteiger partial charge in [-0.3, -0.25) is 4.79 Å². The van der Waals surface area contributed by atoms with Crippen molar-refractivity contribution in [2.75, 3.05) is 0 Å². The van der Waals surface area contributed by atoms with E-state index in [0.717, 1.165) is 11.3 Å². The molecule has 0 bridgehead atoms. The predicted octanol–water partition coefficient (Wildman–Crippen LogP) is 5.38. The van der Waals surface area contributed by atoms with Crippen LogP contribution in [0.25, 0.3) is 0 Å². The van der Waals surface area contributed by atoms with Gasteiger partial charge in [0.25, 0.3) is 0 Å². The maximum atomic E-state index is 12.6. The normalized spacial score (nSPS) is 13.5. The number of carbonyl (C=O) groups excluding carboxylic acids is 1. The monoisotopic (exact) mass is 341 g/mol. The van der Waals surface area contributed by atoms with E-state index in [0.29, 0.717) is 5.92 Å². The highest BCUT2D eigenvalue weighted by molar-refractivity contribution is 8.00. The summed E-state index contributed by atoms with van der Waals surface area (Å²) in [5, 5.41) is 3.12. The lowest BCUT2D eigenvalue weighted by molar-refractivity contribution is -0.121. The minimum atomic E-state index is -0.119. The summed E-state index contributed by atoms with van der Waals surface area (Å²) in [6, 6.07) is 18.6. The van der Waals surface area contributed by atoms with Gasteiger partial charge in [0.05, 0.1) is 11.3 Å². The first-order chi connectivity index (χ1) is 11.5. The van der Waals surface area contributed by atoms with Crippen LogP contribution >= 0.6 is 11.8 Å². The second-order valence-corrected chi connectivity index (χ2v) is 8.09. The van der Waals surface area contributed by atoms with Crippen molar-refractivity contribution >= 4 is 17.7 Å². The summed E-state index contributed by atoms with van der Waals surface area (Å²) in [7, 11) is 0. The van der Waals surface area contributed by atoms with Crippen LogP contribution in [0, 0.1) is 12.8 Å². The van der Waals surface area contributed by atoms with E-state index in [2.05, 4.69) is 62.5 Å². The van der Waals surface area contributed by atoms with E-state index < -0.39 is 0 Å². The summed E-state index contributed by atoms with van der Waals surface area (Å²) in [4.78, 5) is 13.8. The Morgan fingerprint density at radius 3 is 2.21 bits per heavy atom. The highest BCUT2D eigenvalue weighted by Crippen LogP contribution is 2.26. The van der Waals surface area contributed by atoms with Gasteiger partial charge in [-0.1, -0.05) is 61.9 Å². The van der Waals surface area contributed by atoms with Crippen LogP contribution in [0.5, 0.6) is 0 Å². The average molecular weight is 342 g/mol. The molecule has 0 fully saturated rings. The van der Waals surface area contributed by atoms with Crippen molar-refractivity contribution in [2.45, 2.75) is 50.3 Å². The fourth-order valence-electron chi connectivity index (χ4n) is 2.60. The number of thioether (sulfide) groups is 1. The van der Waals surface area contributed by atoms with Gasteiger partial charge in [-0.2, -0.15) is 0 Å². The molecule has 0 aliphatic heterocycles. The Morgan fingerprint density at radius 2 is 1.62 bits per heavy atom. The molecular formula is C21H27NOS. The Hall–Kier alpha value is -1.74. The largest absolute Gasteiger partial charge is 0.348 e. The molecule has 1 amide bonds. The van der Waals surface area contributed by atoms with Gasteiger partial charge < -0.3 is 5.32 Å². The summed E-state index contributed by atoms with van der Waals surface area (Å²) in [6.45, 7) is 8.41. The van der Waals surface area contributed by atoms with E-state index in [1.165, 1.54) is 11.1 Å². The van der Waals surface area contributed by atoms with Crippen LogP contribution in [0.15, 0.2) is 59.5 Å². The molecule has 2 aromatic carbocycles. The molecule has 0 aromatic heterocycles. The molecular weight excluding hydrogens is 314 g/mol. The van der Waals surface area contributed by atoms with Crippen molar-refractivity contribution < 1.29 is 4.79 Å². The number of rotatable bonds is 7. The molecule has 0 unspecified atom stereocenters. The lowest BCUT2D eigenvalue weighted by Gasteiger charge is -2.23. The van der Waals surface area contributed by atoms with Crippen LogP contribution in [0.2, 0.25) is 0 Å². The smallest absolute Gasteiger partial charge is 0.233 e. The molecule has 0 spiro atoms. The Balaban J connectivity index is 2.02. The van der Waals surface area contributed by atoms with Crippen LogP contribution in [0.1, 0.15) is 44.4 Å². The molecule has 3 heteroatoms. The third-order valence-electron chi connectivity index (χ3n) is 3.93. The fourth-order valence-corrected chi connectivity index (χ4v) is 3.48. The first kappa shape index (κ1) is 18.6. The van der Waals surface area contributed by atoms with Gasteiger partial charge in [0, 0.05) is 4.90 Å². The highest BCUT2D eigenvalue weighted by atomic mass is 32.2.